The third-order valence-corrected chi connectivity index (χ3v) is 9.52. The molecule has 23 heavy (non-hydrogen) atoms. The number of para-hydroxylation sites is 1. The number of ether oxygens (including phenoxy) is 1. The highest BCUT2D eigenvalue weighted by molar-refractivity contribution is 14.1. The maximum absolute atomic E-state index is 11.5. The molecule has 0 atom stereocenters. The predicted octanol–water partition coefficient (Wildman–Crippen LogP) is 5.56. The summed E-state index contributed by atoms with van der Waals surface area (Å²) in [5.41, 5.74) is 1.19. The van der Waals surface area contributed by atoms with Crippen LogP contribution in [0.5, 0.6) is 5.75 Å². The molecule has 0 amide bonds. The standard InChI is InChI=1S/C18H29IO3Si/c1-7-21-16(20)13-9-11-14-10-8-12-15(19)17(14)22-23(5,6)18(2,3)4/h8,10,12H,7,9,11,13H2,1-6H3. The monoisotopic (exact) mass is 448 g/mol. The van der Waals surface area contributed by atoms with Crippen LogP contribution in [0.3, 0.4) is 0 Å². The molecule has 130 valence electrons. The number of aryl methyl sites for hydroxylation is 1. The zero-order valence-electron chi connectivity index (χ0n) is 15.2. The molecule has 0 N–H and O–H groups in total. The number of halogens is 1. The van der Waals surface area contributed by atoms with Gasteiger partial charge in [0.1, 0.15) is 5.75 Å². The maximum atomic E-state index is 11.5. The van der Waals surface area contributed by atoms with Crippen LogP contribution in [0.2, 0.25) is 18.1 Å². The molecule has 1 aromatic carbocycles. The zero-order chi connectivity index (χ0) is 17.7. The predicted molar refractivity (Wildman–Crippen MR) is 107 cm³/mol. The van der Waals surface area contributed by atoms with Gasteiger partial charge in [-0.1, -0.05) is 32.9 Å². The van der Waals surface area contributed by atoms with Gasteiger partial charge in [-0.2, -0.15) is 0 Å². The normalized spacial score (nSPS) is 12.1. The van der Waals surface area contributed by atoms with Crippen molar-refractivity contribution in [1.29, 1.82) is 0 Å². The summed E-state index contributed by atoms with van der Waals surface area (Å²) in [5, 5.41) is 0.161. The minimum atomic E-state index is -1.88. The molecule has 0 aliphatic rings. The minimum absolute atomic E-state index is 0.120. The molecule has 3 nitrogen and oxygen atoms in total. The van der Waals surface area contributed by atoms with Crippen LogP contribution in [0.4, 0.5) is 0 Å². The minimum Gasteiger partial charge on any atom is -0.543 e. The van der Waals surface area contributed by atoms with Crippen molar-refractivity contribution in [3.8, 4) is 5.75 Å². The summed E-state index contributed by atoms with van der Waals surface area (Å²) in [6, 6.07) is 6.24. The first-order chi connectivity index (χ1) is 10.6. The molecule has 0 saturated carbocycles. The van der Waals surface area contributed by atoms with E-state index < -0.39 is 8.32 Å². The van der Waals surface area contributed by atoms with E-state index in [2.05, 4.69) is 74.7 Å². The van der Waals surface area contributed by atoms with Crippen LogP contribution in [0.15, 0.2) is 18.2 Å². The van der Waals surface area contributed by atoms with Crippen LogP contribution < -0.4 is 4.43 Å². The number of hydrogen-bond donors (Lipinski definition) is 0. The van der Waals surface area contributed by atoms with E-state index in [9.17, 15) is 4.79 Å². The fraction of sp³-hybridized carbons (Fsp3) is 0.611. The lowest BCUT2D eigenvalue weighted by molar-refractivity contribution is -0.143. The van der Waals surface area contributed by atoms with E-state index in [4.69, 9.17) is 9.16 Å². The second-order valence-electron chi connectivity index (χ2n) is 7.25. The van der Waals surface area contributed by atoms with Gasteiger partial charge in [-0.05, 0) is 72.1 Å². The SMILES string of the molecule is CCOC(=O)CCCc1cccc(I)c1O[Si](C)(C)C(C)(C)C. The summed E-state index contributed by atoms with van der Waals surface area (Å²) in [5.74, 6) is 0.883. The Bertz CT molecular complexity index is 536. The number of carbonyl (C=O) groups is 1. The Morgan fingerprint density at radius 2 is 1.91 bits per heavy atom. The molecular weight excluding hydrogens is 419 g/mol. The topological polar surface area (TPSA) is 35.5 Å². The van der Waals surface area contributed by atoms with Gasteiger partial charge in [0.05, 0.1) is 10.2 Å². The largest absolute Gasteiger partial charge is 0.543 e. The highest BCUT2D eigenvalue weighted by Gasteiger charge is 2.39. The van der Waals surface area contributed by atoms with Crippen molar-refractivity contribution in [2.75, 3.05) is 6.61 Å². The average Bonchev–Trinajstić information content (AvgIpc) is 2.41. The average molecular weight is 448 g/mol. The van der Waals surface area contributed by atoms with Gasteiger partial charge in [0.2, 0.25) is 0 Å². The van der Waals surface area contributed by atoms with Crippen LogP contribution in [-0.4, -0.2) is 20.9 Å². The van der Waals surface area contributed by atoms with E-state index in [-0.39, 0.29) is 11.0 Å². The second-order valence-corrected chi connectivity index (χ2v) is 13.1. The third kappa shape index (κ3) is 6.10. The Hall–Kier alpha value is -0.563. The first kappa shape index (κ1) is 20.5. The molecule has 0 saturated heterocycles. The lowest BCUT2D eigenvalue weighted by Gasteiger charge is -2.37. The van der Waals surface area contributed by atoms with Gasteiger partial charge < -0.3 is 9.16 Å². The number of carbonyl (C=O) groups excluding carboxylic acids is 1. The molecule has 5 heteroatoms. The Balaban J connectivity index is 2.86. The number of hydrogen-bond acceptors (Lipinski definition) is 3. The Kier molecular flexibility index (Phi) is 7.58. The first-order valence-corrected chi connectivity index (χ1v) is 12.2. The number of rotatable bonds is 7. The molecule has 0 bridgehead atoms. The van der Waals surface area contributed by atoms with E-state index in [0.717, 1.165) is 22.2 Å². The van der Waals surface area contributed by atoms with Gasteiger partial charge in [-0.15, -0.1) is 0 Å². The third-order valence-electron chi connectivity index (χ3n) is 4.34. The van der Waals surface area contributed by atoms with Crippen LogP contribution in [0, 0.1) is 3.57 Å². The summed E-state index contributed by atoms with van der Waals surface area (Å²) >= 11 is 2.34. The van der Waals surface area contributed by atoms with E-state index in [1.807, 2.05) is 6.92 Å². The molecule has 0 radical (unpaired) electrons. The molecule has 0 fully saturated rings. The molecule has 0 heterocycles. The van der Waals surface area contributed by atoms with Gasteiger partial charge in [0, 0.05) is 6.42 Å². The molecule has 0 aliphatic carbocycles. The van der Waals surface area contributed by atoms with Crippen molar-refractivity contribution in [2.24, 2.45) is 0 Å². The van der Waals surface area contributed by atoms with E-state index >= 15 is 0 Å². The van der Waals surface area contributed by atoms with Crippen molar-refractivity contribution < 1.29 is 14.0 Å². The molecule has 1 aromatic rings. The Morgan fingerprint density at radius 1 is 1.26 bits per heavy atom. The number of benzene rings is 1. The summed E-state index contributed by atoms with van der Waals surface area (Å²) < 4.78 is 12.7. The molecule has 0 spiro atoms. The van der Waals surface area contributed by atoms with Crippen LogP contribution >= 0.6 is 22.6 Å². The van der Waals surface area contributed by atoms with E-state index in [0.29, 0.717) is 13.0 Å². The highest BCUT2D eigenvalue weighted by Crippen LogP contribution is 2.39. The van der Waals surface area contributed by atoms with Crippen LogP contribution in [0.1, 0.15) is 46.1 Å². The fourth-order valence-corrected chi connectivity index (χ4v) is 3.86. The maximum Gasteiger partial charge on any atom is 0.305 e. The summed E-state index contributed by atoms with van der Waals surface area (Å²) in [7, 11) is -1.88. The van der Waals surface area contributed by atoms with Crippen molar-refractivity contribution in [2.45, 2.75) is 65.1 Å². The summed E-state index contributed by atoms with van der Waals surface area (Å²) in [6.45, 7) is 13.5. The van der Waals surface area contributed by atoms with Crippen molar-refractivity contribution in [3.63, 3.8) is 0 Å². The van der Waals surface area contributed by atoms with Gasteiger partial charge in [0.15, 0.2) is 0 Å². The fourth-order valence-electron chi connectivity index (χ4n) is 1.93. The van der Waals surface area contributed by atoms with Crippen molar-refractivity contribution >= 4 is 36.9 Å². The Labute approximate surface area is 155 Å². The zero-order valence-corrected chi connectivity index (χ0v) is 18.3. The van der Waals surface area contributed by atoms with Gasteiger partial charge in [-0.25, -0.2) is 0 Å². The second kappa shape index (κ2) is 8.51. The molecule has 0 unspecified atom stereocenters. The molecule has 1 rings (SSSR count). The Morgan fingerprint density at radius 3 is 2.48 bits per heavy atom. The summed E-state index contributed by atoms with van der Waals surface area (Å²) in [4.78, 5) is 11.5. The van der Waals surface area contributed by atoms with Crippen LogP contribution in [0.25, 0.3) is 0 Å². The summed E-state index contributed by atoms with van der Waals surface area (Å²) in [6.07, 6.45) is 2.07. The van der Waals surface area contributed by atoms with Gasteiger partial charge in [0.25, 0.3) is 8.32 Å². The van der Waals surface area contributed by atoms with Gasteiger partial charge >= 0.3 is 5.97 Å². The highest BCUT2D eigenvalue weighted by atomic mass is 127. The lowest BCUT2D eigenvalue weighted by Crippen LogP contribution is -2.44. The first-order valence-electron chi connectivity index (χ1n) is 8.20. The van der Waals surface area contributed by atoms with Gasteiger partial charge in [-0.3, -0.25) is 4.79 Å². The quantitative estimate of drug-likeness (QED) is 0.311. The van der Waals surface area contributed by atoms with Crippen molar-refractivity contribution in [3.05, 3.63) is 27.3 Å². The number of esters is 1. The van der Waals surface area contributed by atoms with E-state index in [1.165, 1.54) is 5.56 Å². The lowest BCUT2D eigenvalue weighted by atomic mass is 10.1. The van der Waals surface area contributed by atoms with Crippen LogP contribution in [-0.2, 0) is 16.0 Å². The molecular formula is C18H29IO3Si. The van der Waals surface area contributed by atoms with Crippen molar-refractivity contribution in [1.82, 2.24) is 0 Å². The smallest absolute Gasteiger partial charge is 0.305 e. The van der Waals surface area contributed by atoms with E-state index in [1.54, 1.807) is 0 Å². The molecule has 0 aromatic heterocycles. The molecule has 0 aliphatic heterocycles.